The van der Waals surface area contributed by atoms with Gasteiger partial charge in [-0.2, -0.15) is 9.37 Å². The number of anilines is 2. The first-order chi connectivity index (χ1) is 5.04. The van der Waals surface area contributed by atoms with E-state index in [1.807, 2.05) is 0 Å². The minimum absolute atomic E-state index is 0.103. The highest BCUT2D eigenvalue weighted by Gasteiger charge is 2.09. The van der Waals surface area contributed by atoms with Gasteiger partial charge in [0.2, 0.25) is 5.82 Å². The fourth-order valence-corrected chi connectivity index (χ4v) is 0.549. The normalized spacial score (nSPS) is 9.91. The van der Waals surface area contributed by atoms with Crippen LogP contribution in [0.5, 0.6) is 0 Å². The van der Waals surface area contributed by atoms with Crippen LogP contribution in [-0.2, 0) is 0 Å². The maximum atomic E-state index is 12.6. The van der Waals surface area contributed by atoms with E-state index in [1.54, 1.807) is 0 Å². The minimum Gasteiger partial charge on any atom is -0.423 e. The number of aromatic nitrogens is 2. The molecule has 6 nitrogen and oxygen atoms in total. The van der Waals surface area contributed by atoms with E-state index in [9.17, 15) is 4.39 Å². The molecule has 7 heteroatoms. The van der Waals surface area contributed by atoms with Gasteiger partial charge in [-0.1, -0.05) is 0 Å². The molecule has 1 aromatic rings. The van der Waals surface area contributed by atoms with Crippen LogP contribution in [0.1, 0.15) is 0 Å². The minimum atomic E-state index is -1.02. The number of hydrogen-bond acceptors (Lipinski definition) is 5. The summed E-state index contributed by atoms with van der Waals surface area (Å²) in [5.41, 5.74) is 9.35. The topological polar surface area (TPSA) is 114 Å². The van der Waals surface area contributed by atoms with E-state index in [2.05, 4.69) is 4.98 Å². The van der Waals surface area contributed by atoms with Crippen molar-refractivity contribution in [3.05, 3.63) is 11.4 Å². The van der Waals surface area contributed by atoms with Crippen molar-refractivity contribution >= 4 is 11.6 Å². The average Bonchev–Trinajstić information content (AvgIpc) is 1.97. The maximum absolute atomic E-state index is 12.6. The number of nitrogen functional groups attached to an aromatic ring is 2. The van der Waals surface area contributed by atoms with Crippen LogP contribution in [0.2, 0.25) is 0 Å². The second kappa shape index (κ2) is 2.11. The highest BCUT2D eigenvalue weighted by atomic mass is 19.1. The number of nitrogens with zero attached hydrogens (tertiary/aromatic N) is 2. The molecule has 0 aliphatic heterocycles. The summed E-state index contributed by atoms with van der Waals surface area (Å²) in [7, 11) is 0. The standard InChI is InChI=1S/C4H6FN5O/c5-1-2(6)9-4(8)10(11)3(1)7/h11H,7H2,(H3,6,8,9). The van der Waals surface area contributed by atoms with Crippen molar-refractivity contribution in [2.75, 3.05) is 11.5 Å². The molecule has 1 heterocycles. The van der Waals surface area contributed by atoms with Gasteiger partial charge in [-0.25, -0.2) is 0 Å². The molecule has 0 unspecified atom stereocenters. The number of nitrogens with two attached hydrogens (primary N) is 2. The van der Waals surface area contributed by atoms with Crippen LogP contribution in [0.3, 0.4) is 0 Å². The van der Waals surface area contributed by atoms with Gasteiger partial charge in [0.05, 0.1) is 0 Å². The molecule has 0 atom stereocenters. The summed E-state index contributed by atoms with van der Waals surface area (Å²) in [5.74, 6) is -2.15. The molecule has 0 amide bonds. The molecule has 11 heavy (non-hydrogen) atoms. The molecule has 0 saturated heterocycles. The third-order valence-corrected chi connectivity index (χ3v) is 1.10. The fraction of sp³-hybridized carbons (Fsp3) is 0. The number of rotatable bonds is 0. The molecule has 0 radical (unpaired) electrons. The monoisotopic (exact) mass is 159 g/mol. The Hall–Kier alpha value is -1.79. The molecule has 0 saturated carbocycles. The molecule has 0 spiro atoms. The van der Waals surface area contributed by atoms with E-state index in [1.165, 1.54) is 0 Å². The largest absolute Gasteiger partial charge is 0.423 e. The van der Waals surface area contributed by atoms with E-state index < -0.39 is 23.1 Å². The quantitative estimate of drug-likeness (QED) is 0.360. The molecule has 0 aliphatic rings. The predicted molar refractivity (Wildman–Crippen MR) is 34.0 cm³/mol. The van der Waals surface area contributed by atoms with Gasteiger partial charge in [0, 0.05) is 0 Å². The summed E-state index contributed by atoms with van der Waals surface area (Å²) >= 11 is 0. The molecule has 6 N–H and O–H groups in total. The van der Waals surface area contributed by atoms with Gasteiger partial charge in [-0.3, -0.25) is 5.41 Å². The summed E-state index contributed by atoms with van der Waals surface area (Å²) in [6.45, 7) is 0. The van der Waals surface area contributed by atoms with E-state index >= 15 is 0 Å². The summed E-state index contributed by atoms with van der Waals surface area (Å²) < 4.78 is 12.7. The average molecular weight is 159 g/mol. The zero-order chi connectivity index (χ0) is 8.59. The lowest BCUT2D eigenvalue weighted by Crippen LogP contribution is -2.26. The Morgan fingerprint density at radius 3 is 2.64 bits per heavy atom. The molecule has 60 valence electrons. The van der Waals surface area contributed by atoms with Gasteiger partial charge in [-0.15, -0.1) is 4.73 Å². The molecule has 1 rings (SSSR count). The molecule has 0 aliphatic carbocycles. The van der Waals surface area contributed by atoms with E-state index in [0.29, 0.717) is 0 Å². The lowest BCUT2D eigenvalue weighted by molar-refractivity contribution is 0.168. The Balaban J connectivity index is 3.59. The van der Waals surface area contributed by atoms with Crippen molar-refractivity contribution in [2.45, 2.75) is 0 Å². The lowest BCUT2D eigenvalue weighted by atomic mass is 10.5. The van der Waals surface area contributed by atoms with Gasteiger partial charge in [-0.05, 0) is 0 Å². The Morgan fingerprint density at radius 1 is 1.55 bits per heavy atom. The Morgan fingerprint density at radius 2 is 2.09 bits per heavy atom. The maximum Gasteiger partial charge on any atom is 0.259 e. The van der Waals surface area contributed by atoms with E-state index in [0.717, 1.165) is 0 Å². The second-order valence-corrected chi connectivity index (χ2v) is 1.83. The molecular formula is C4H6FN5O. The summed E-state index contributed by atoms with van der Waals surface area (Å²) in [6.07, 6.45) is 0. The van der Waals surface area contributed by atoms with E-state index in [4.69, 9.17) is 22.1 Å². The highest BCUT2D eigenvalue weighted by Crippen LogP contribution is 2.09. The van der Waals surface area contributed by atoms with Crippen LogP contribution in [-0.4, -0.2) is 14.9 Å². The van der Waals surface area contributed by atoms with Crippen LogP contribution in [0.15, 0.2) is 0 Å². The fourth-order valence-electron chi connectivity index (χ4n) is 0.549. The smallest absolute Gasteiger partial charge is 0.259 e. The lowest BCUT2D eigenvalue weighted by Gasteiger charge is -2.03. The van der Waals surface area contributed by atoms with Crippen molar-refractivity contribution in [1.82, 2.24) is 9.71 Å². The van der Waals surface area contributed by atoms with Gasteiger partial charge in [0.25, 0.3) is 5.62 Å². The van der Waals surface area contributed by atoms with Gasteiger partial charge in [0.1, 0.15) is 0 Å². The first-order valence-corrected chi connectivity index (χ1v) is 2.61. The third kappa shape index (κ3) is 0.955. The summed E-state index contributed by atoms with van der Waals surface area (Å²) in [4.78, 5) is 3.14. The Kier molecular flexibility index (Phi) is 1.41. The molecule has 0 aromatic carbocycles. The molecule has 0 bridgehead atoms. The van der Waals surface area contributed by atoms with Crippen LogP contribution in [0.25, 0.3) is 0 Å². The summed E-state index contributed by atoms with van der Waals surface area (Å²) in [6, 6.07) is 0. The van der Waals surface area contributed by atoms with Crippen LogP contribution in [0, 0.1) is 11.2 Å². The van der Waals surface area contributed by atoms with Gasteiger partial charge in [0.15, 0.2) is 11.6 Å². The Bertz CT molecular complexity index is 345. The van der Waals surface area contributed by atoms with Gasteiger partial charge < -0.3 is 16.7 Å². The van der Waals surface area contributed by atoms with Crippen molar-refractivity contribution in [3.63, 3.8) is 0 Å². The first kappa shape index (κ1) is 7.32. The number of hydrogen-bond donors (Lipinski definition) is 4. The van der Waals surface area contributed by atoms with E-state index in [-0.39, 0.29) is 4.73 Å². The van der Waals surface area contributed by atoms with Gasteiger partial charge >= 0.3 is 0 Å². The third-order valence-electron chi connectivity index (χ3n) is 1.10. The summed E-state index contributed by atoms with van der Waals surface area (Å²) in [5, 5.41) is 15.6. The second-order valence-electron chi connectivity index (χ2n) is 1.83. The molecule has 0 fully saturated rings. The molecule has 1 aromatic heterocycles. The van der Waals surface area contributed by atoms with Crippen LogP contribution in [0.4, 0.5) is 16.0 Å². The van der Waals surface area contributed by atoms with Crippen molar-refractivity contribution in [2.24, 2.45) is 0 Å². The van der Waals surface area contributed by atoms with Crippen LogP contribution < -0.4 is 17.1 Å². The van der Waals surface area contributed by atoms with Crippen molar-refractivity contribution in [1.29, 1.82) is 5.41 Å². The van der Waals surface area contributed by atoms with Crippen molar-refractivity contribution < 1.29 is 9.60 Å². The number of nitrogens with one attached hydrogen (secondary N) is 1. The zero-order valence-corrected chi connectivity index (χ0v) is 5.37. The number of halogens is 1. The molecular weight excluding hydrogens is 153 g/mol. The zero-order valence-electron chi connectivity index (χ0n) is 5.37. The highest BCUT2D eigenvalue weighted by molar-refractivity contribution is 5.42. The predicted octanol–water partition coefficient (Wildman–Crippen LogP) is -1.10. The SMILES string of the molecule is N=c1nc(N)c(F)c(N)n1O. The first-order valence-electron chi connectivity index (χ1n) is 2.61. The Labute approximate surface area is 60.4 Å². The van der Waals surface area contributed by atoms with Crippen molar-refractivity contribution in [3.8, 4) is 0 Å². The van der Waals surface area contributed by atoms with Crippen LogP contribution >= 0.6 is 0 Å².